The van der Waals surface area contributed by atoms with Crippen LogP contribution in [0.2, 0.25) is 0 Å². The Hall–Kier alpha value is -6.39. The number of carbonyl (C=O) groups excluding carboxylic acids is 5. The smallest absolute Gasteiger partial charge is 0.252 e. The number of nitrogens with one attached hydrogen (secondary N) is 1. The van der Waals surface area contributed by atoms with Gasteiger partial charge in [-0.1, -0.05) is 43.7 Å². The first-order chi connectivity index (χ1) is 33.7. The fourth-order valence-corrected chi connectivity index (χ4v) is 9.66. The van der Waals surface area contributed by atoms with Gasteiger partial charge in [-0.05, 0) is 48.9 Å². The van der Waals surface area contributed by atoms with Crippen molar-refractivity contribution < 1.29 is 65.8 Å². The molecule has 9 rings (SSSR count). The summed E-state index contributed by atoms with van der Waals surface area (Å²) in [5.74, 6) is -0.311. The molecule has 3 aromatic carbocycles. The van der Waals surface area contributed by atoms with Crippen molar-refractivity contribution in [3.8, 4) is 22.8 Å². The summed E-state index contributed by atoms with van der Waals surface area (Å²) in [4.78, 5) is 80.6. The van der Waals surface area contributed by atoms with E-state index in [2.05, 4.69) is 42.9 Å². The van der Waals surface area contributed by atoms with Crippen LogP contribution in [0.3, 0.4) is 0 Å². The fourth-order valence-electron chi connectivity index (χ4n) is 9.66. The summed E-state index contributed by atoms with van der Waals surface area (Å²) in [7, 11) is 0. The third-order valence-corrected chi connectivity index (χ3v) is 13.0. The summed E-state index contributed by atoms with van der Waals surface area (Å²) in [6.07, 6.45) is 5.44. The summed E-state index contributed by atoms with van der Waals surface area (Å²) >= 11 is 0. The van der Waals surface area contributed by atoms with Crippen LogP contribution in [0.25, 0.3) is 27.1 Å². The van der Waals surface area contributed by atoms with Crippen LogP contribution in [0.15, 0.2) is 84.8 Å². The average molecular weight is 1040 g/mol. The molecule has 5 aromatic rings. The van der Waals surface area contributed by atoms with Gasteiger partial charge < -0.3 is 42.2 Å². The van der Waals surface area contributed by atoms with Gasteiger partial charge in [0, 0.05) is 110 Å². The topological polar surface area (TPSA) is 194 Å². The van der Waals surface area contributed by atoms with E-state index in [0.29, 0.717) is 79.2 Å². The number of amides is 3. The summed E-state index contributed by atoms with van der Waals surface area (Å²) in [5.41, 5.74) is 8.39. The third kappa shape index (κ3) is 12.6. The summed E-state index contributed by atoms with van der Waals surface area (Å²) < 4.78 is 23.1. The molecule has 71 heavy (non-hydrogen) atoms. The number of rotatable bonds is 13. The fraction of sp³-hybridized carbons (Fsp3) is 0.385. The van der Waals surface area contributed by atoms with Gasteiger partial charge in [-0.2, -0.15) is 29.4 Å². The molecular weight excluding hydrogens is 983 g/mol. The predicted molar refractivity (Wildman–Crippen MR) is 259 cm³/mol. The minimum atomic E-state index is -0.544. The number of ketones is 2. The Morgan fingerprint density at radius 1 is 1.00 bits per heavy atom. The molecule has 19 heteroatoms. The first-order valence-electron chi connectivity index (χ1n) is 23.5. The van der Waals surface area contributed by atoms with Crippen LogP contribution < -0.4 is 15.8 Å². The van der Waals surface area contributed by atoms with E-state index in [0.717, 1.165) is 44.7 Å². The van der Waals surface area contributed by atoms with E-state index < -0.39 is 17.3 Å². The van der Waals surface area contributed by atoms with Gasteiger partial charge in [0.15, 0.2) is 17.3 Å². The van der Waals surface area contributed by atoms with Gasteiger partial charge in [0.1, 0.15) is 40.9 Å². The van der Waals surface area contributed by atoms with E-state index in [-0.39, 0.29) is 98.1 Å². The van der Waals surface area contributed by atoms with Gasteiger partial charge >= 0.3 is 0 Å². The maximum atomic E-state index is 15.7. The number of benzene rings is 3. The first-order valence-corrected chi connectivity index (χ1v) is 23.5. The predicted octanol–water partition coefficient (Wildman–Crippen LogP) is 5.53. The number of ether oxygens (including phenoxy) is 1. The second-order valence-electron chi connectivity index (χ2n) is 18.7. The van der Waals surface area contributed by atoms with Crippen molar-refractivity contribution in [2.75, 3.05) is 58.1 Å². The number of carbonyl (C=O) groups is 5. The van der Waals surface area contributed by atoms with Crippen LogP contribution in [0.4, 0.5) is 10.2 Å². The number of halogens is 1. The number of Topliss-reactive ketones (excluding diaryl/α,β-unsaturated/α-hetero) is 2. The van der Waals surface area contributed by atoms with Crippen LogP contribution in [-0.4, -0.2) is 133 Å². The van der Waals surface area contributed by atoms with Crippen LogP contribution in [0.5, 0.6) is 11.5 Å². The second kappa shape index (κ2) is 23.2. The maximum Gasteiger partial charge on any atom is 0.252 e. The van der Waals surface area contributed by atoms with Gasteiger partial charge in [-0.25, -0.2) is 23.9 Å². The number of likely N-dealkylation sites (tertiary alicyclic amines) is 1. The van der Waals surface area contributed by atoms with Crippen molar-refractivity contribution in [3.63, 3.8) is 0 Å². The van der Waals surface area contributed by atoms with E-state index in [9.17, 15) is 24.0 Å². The number of anilines is 1. The summed E-state index contributed by atoms with van der Waals surface area (Å²) in [6, 6.07) is 21.3. The van der Waals surface area contributed by atoms with Gasteiger partial charge in [0.2, 0.25) is 5.70 Å². The van der Waals surface area contributed by atoms with E-state index >= 15 is 4.39 Å². The van der Waals surface area contributed by atoms with E-state index in [1.165, 1.54) is 12.4 Å². The number of hydrogen-bond acceptors (Lipinski definition) is 12. The van der Waals surface area contributed by atoms with E-state index in [1.54, 1.807) is 63.0 Å². The van der Waals surface area contributed by atoms with Crippen molar-refractivity contribution in [1.29, 1.82) is 0 Å². The molecule has 0 bridgehead atoms. The number of fused-ring (bicyclic) bond motifs is 2. The number of hydrogen-bond donors (Lipinski definition) is 2. The molecule has 3 aliphatic heterocycles. The zero-order chi connectivity index (χ0) is 49.5. The zero-order valence-electron chi connectivity index (χ0n) is 40.0. The maximum absolute atomic E-state index is 15.7. The molecule has 1 radical (unpaired) electrons. The number of aromatic nitrogens is 4. The van der Waals surface area contributed by atoms with Crippen LogP contribution in [0.1, 0.15) is 61.9 Å². The Balaban J connectivity index is 0.000000325. The molecule has 0 spiro atoms. The molecule has 5 heterocycles. The largest absolute Gasteiger partial charge is 0.457 e. The minimum absolute atomic E-state index is 0. The van der Waals surface area contributed by atoms with Gasteiger partial charge in [0.25, 0.3) is 5.91 Å². The summed E-state index contributed by atoms with van der Waals surface area (Å²) in [6.45, 7) is 22.1. The van der Waals surface area contributed by atoms with Crippen molar-refractivity contribution >= 4 is 46.1 Å². The van der Waals surface area contributed by atoms with Crippen LogP contribution >= 0.6 is 0 Å². The van der Waals surface area contributed by atoms with Gasteiger partial charge in [0.05, 0.1) is 42.9 Å². The Kier molecular flexibility index (Phi) is 17.2. The molecule has 2 atom stereocenters. The molecule has 1 saturated carbocycles. The third-order valence-electron chi connectivity index (χ3n) is 13.0. The van der Waals surface area contributed by atoms with Crippen molar-refractivity contribution in [1.82, 2.24) is 44.7 Å². The second-order valence-corrected chi connectivity index (χ2v) is 18.7. The molecule has 2 saturated heterocycles. The molecule has 17 nitrogen and oxygen atoms in total. The van der Waals surface area contributed by atoms with E-state index in [4.69, 9.17) is 22.1 Å². The monoisotopic (exact) mass is 1040 g/mol. The SMILES string of the molecule is O=C1CCC(N2Cc3[c-]cccc3C2=O)C(=O)C1.[C-]#[N+]/C(=C\C(C)(C)CN1CCN(CCNC([CH2-])=O)CC1)C(=O)N1CCC[C@H]1Cn1nc(-c2ccc(Oc3ccccc3)cc2F)c2c(N)ncnc21.[Y]. The number of nitrogen functional groups attached to an aromatic ring is 1. The minimum Gasteiger partial charge on any atom is -0.457 e. The molecular formula is C52H56FN11O6Y-2. The Morgan fingerprint density at radius 3 is 2.46 bits per heavy atom. The number of para-hydroxylation sites is 1. The molecule has 4 aliphatic rings. The molecule has 1 aliphatic carbocycles. The van der Waals surface area contributed by atoms with Crippen molar-refractivity contribution in [3.05, 3.63) is 126 Å². The normalized spacial score (nSPS) is 18.6. The quantitative estimate of drug-likeness (QED) is 0.0853. The van der Waals surface area contributed by atoms with Crippen LogP contribution in [0, 0.1) is 30.8 Å². The molecule has 3 fully saturated rings. The molecule has 1 unspecified atom stereocenters. The standard InChI is InChI=1S/C38H44FN10O3.C14H12NO3.Y/c1-26(50)42-14-16-46-17-19-47(20-18-46)24-38(2,3)22-32(41-4)37(51)48-15-8-9-27(48)23-49-36-33(35(40)43-25-44-36)34(45-49)30-13-12-29(21-31(30)39)52-28-10-6-5-7-11-28;16-10-5-6-12(13(17)7-10)15-8-9-3-1-2-4-11(9)14(15)18;/h5-7,10-13,21-22,25,27H,1,8-9,14-20,23-24H2,2-3H3,(H,42,50)(H2,40,43,44);1-2,4,12H,5-8H2;/q2*-1;/b32-22-;;/t27-;;/m0../s1. The van der Waals surface area contributed by atoms with Crippen molar-refractivity contribution in [2.45, 2.75) is 71.1 Å². The summed E-state index contributed by atoms with van der Waals surface area (Å²) in [5, 5.41) is 7.94. The van der Waals surface area contributed by atoms with E-state index in [1.807, 2.05) is 32.0 Å². The van der Waals surface area contributed by atoms with Gasteiger partial charge in [-0.3, -0.25) is 24.1 Å². The number of piperazine rings is 1. The molecule has 3 amide bonds. The molecule has 2 aromatic heterocycles. The first kappa shape index (κ1) is 52.4. The Bertz CT molecular complexity index is 2860. The zero-order valence-corrected chi connectivity index (χ0v) is 42.8. The average Bonchev–Trinajstić information content (AvgIpc) is 4.05. The van der Waals surface area contributed by atoms with Gasteiger partial charge in [-0.15, -0.1) is 5.56 Å². The van der Waals surface area contributed by atoms with Crippen molar-refractivity contribution in [2.24, 2.45) is 5.41 Å². The molecule has 367 valence electrons. The Morgan fingerprint density at radius 2 is 1.76 bits per heavy atom. The molecule has 3 N–H and O–H groups in total. The van der Waals surface area contributed by atoms with Crippen LogP contribution in [-0.2, 0) is 65.0 Å². The Labute approximate surface area is 437 Å². The number of nitrogens with two attached hydrogens (primary N) is 1. The number of nitrogens with zero attached hydrogens (tertiary/aromatic N) is 9.